The maximum Gasteiger partial charge on any atom is 0.390 e. The van der Waals surface area contributed by atoms with Gasteiger partial charge in [-0.05, 0) is 0 Å². The Balaban J connectivity index is 4.15. The van der Waals surface area contributed by atoms with Gasteiger partial charge in [0.2, 0.25) is 10.0 Å². The number of alkyl halides is 4. The van der Waals surface area contributed by atoms with Crippen LogP contribution in [-0.4, -0.2) is 44.1 Å². The van der Waals surface area contributed by atoms with Gasteiger partial charge in [-0.15, -0.1) is 11.6 Å². The molecule has 0 aromatic heterocycles. The first kappa shape index (κ1) is 14.0. The summed E-state index contributed by atoms with van der Waals surface area (Å²) in [6.45, 7) is -0.567. The van der Waals surface area contributed by atoms with Gasteiger partial charge in [-0.2, -0.15) is 13.2 Å². The molecule has 3 nitrogen and oxygen atoms in total. The molecular formula is C6H11ClF3NO2S. The van der Waals surface area contributed by atoms with Crippen molar-refractivity contribution in [3.63, 3.8) is 0 Å². The largest absolute Gasteiger partial charge is 0.390 e. The summed E-state index contributed by atoms with van der Waals surface area (Å²) in [5.41, 5.74) is 0. The summed E-state index contributed by atoms with van der Waals surface area (Å²) in [7, 11) is -2.53. The number of hydrogen-bond donors (Lipinski definition) is 0. The highest BCUT2D eigenvalue weighted by Gasteiger charge is 2.29. The second-order valence-corrected chi connectivity index (χ2v) is 5.27. The third kappa shape index (κ3) is 5.66. The molecule has 0 radical (unpaired) electrons. The molecular weight excluding hydrogens is 243 g/mol. The molecule has 0 saturated carbocycles. The zero-order chi connectivity index (χ0) is 11.4. The monoisotopic (exact) mass is 253 g/mol. The van der Waals surface area contributed by atoms with Gasteiger partial charge < -0.3 is 0 Å². The van der Waals surface area contributed by atoms with Crippen LogP contribution < -0.4 is 0 Å². The maximum absolute atomic E-state index is 11.7. The summed E-state index contributed by atoms with van der Waals surface area (Å²) in [5.74, 6) is -0.471. The Morgan fingerprint density at radius 1 is 1.36 bits per heavy atom. The lowest BCUT2D eigenvalue weighted by Crippen LogP contribution is -2.32. The molecule has 86 valence electrons. The Morgan fingerprint density at radius 2 is 1.86 bits per heavy atom. The van der Waals surface area contributed by atoms with Gasteiger partial charge in [-0.25, -0.2) is 12.7 Å². The lowest BCUT2D eigenvalue weighted by Gasteiger charge is -2.17. The van der Waals surface area contributed by atoms with Gasteiger partial charge in [0, 0.05) is 19.5 Å². The maximum atomic E-state index is 11.7. The van der Waals surface area contributed by atoms with E-state index in [2.05, 4.69) is 0 Å². The fourth-order valence-electron chi connectivity index (χ4n) is 0.677. The molecule has 0 heterocycles. The minimum Gasteiger partial charge on any atom is -0.212 e. The van der Waals surface area contributed by atoms with E-state index >= 15 is 0 Å². The van der Waals surface area contributed by atoms with E-state index in [1.165, 1.54) is 0 Å². The Kier molecular flexibility index (Phi) is 5.17. The van der Waals surface area contributed by atoms with Crippen molar-refractivity contribution in [3.8, 4) is 0 Å². The van der Waals surface area contributed by atoms with E-state index in [9.17, 15) is 21.6 Å². The van der Waals surface area contributed by atoms with Crippen LogP contribution in [0.15, 0.2) is 0 Å². The van der Waals surface area contributed by atoms with Crippen LogP contribution in [0.5, 0.6) is 0 Å². The number of sulfonamides is 1. The van der Waals surface area contributed by atoms with Crippen LogP contribution in [0.3, 0.4) is 0 Å². The SMILES string of the molecule is CN(CCC(F)(F)F)S(=O)(=O)CCCl. The van der Waals surface area contributed by atoms with Crippen molar-refractivity contribution in [1.29, 1.82) is 0 Å². The fourth-order valence-corrected chi connectivity index (χ4v) is 2.14. The molecule has 0 aliphatic carbocycles. The third-order valence-electron chi connectivity index (χ3n) is 1.52. The molecule has 0 amide bonds. The van der Waals surface area contributed by atoms with Gasteiger partial charge in [0.25, 0.3) is 0 Å². The summed E-state index contributed by atoms with van der Waals surface area (Å²) in [4.78, 5) is 0. The Labute approximate surface area is 85.9 Å². The van der Waals surface area contributed by atoms with E-state index in [1.807, 2.05) is 0 Å². The minimum absolute atomic E-state index is 0.126. The summed E-state index contributed by atoms with van der Waals surface area (Å²) < 4.78 is 58.1. The highest BCUT2D eigenvalue weighted by Crippen LogP contribution is 2.20. The number of rotatable bonds is 5. The first-order chi connectivity index (χ1) is 6.19. The quantitative estimate of drug-likeness (QED) is 0.696. The van der Waals surface area contributed by atoms with Crippen molar-refractivity contribution in [1.82, 2.24) is 4.31 Å². The number of halogens is 4. The van der Waals surface area contributed by atoms with E-state index in [1.54, 1.807) is 0 Å². The number of nitrogens with zero attached hydrogens (tertiary/aromatic N) is 1. The van der Waals surface area contributed by atoms with Crippen molar-refractivity contribution in [2.24, 2.45) is 0 Å². The normalized spacial score (nSPS) is 13.6. The van der Waals surface area contributed by atoms with Crippen molar-refractivity contribution in [2.75, 3.05) is 25.2 Å². The predicted octanol–water partition coefficient (Wildman–Crippen LogP) is 1.44. The van der Waals surface area contributed by atoms with E-state index < -0.39 is 29.2 Å². The summed E-state index contributed by atoms with van der Waals surface area (Å²) in [6.07, 6.45) is -5.49. The van der Waals surface area contributed by atoms with Crippen molar-refractivity contribution < 1.29 is 21.6 Å². The molecule has 0 spiro atoms. The zero-order valence-corrected chi connectivity index (χ0v) is 9.08. The van der Waals surface area contributed by atoms with Crippen LogP contribution in [0.25, 0.3) is 0 Å². The van der Waals surface area contributed by atoms with Crippen LogP contribution >= 0.6 is 11.6 Å². The second-order valence-electron chi connectivity index (χ2n) is 2.69. The first-order valence-electron chi connectivity index (χ1n) is 3.76. The van der Waals surface area contributed by atoms with Gasteiger partial charge in [0.05, 0.1) is 12.2 Å². The first-order valence-corrected chi connectivity index (χ1v) is 5.90. The Bertz CT molecular complexity index is 265. The van der Waals surface area contributed by atoms with Gasteiger partial charge in [0.1, 0.15) is 0 Å². The molecule has 0 aliphatic rings. The smallest absolute Gasteiger partial charge is 0.212 e. The van der Waals surface area contributed by atoms with E-state index in [4.69, 9.17) is 11.6 Å². The average Bonchev–Trinajstić information content (AvgIpc) is 1.98. The molecule has 0 aromatic carbocycles. The molecule has 0 atom stereocenters. The van der Waals surface area contributed by atoms with Crippen LogP contribution in [0, 0.1) is 0 Å². The third-order valence-corrected chi connectivity index (χ3v) is 3.79. The fraction of sp³-hybridized carbons (Fsp3) is 1.00. The van der Waals surface area contributed by atoms with Gasteiger partial charge >= 0.3 is 6.18 Å². The van der Waals surface area contributed by atoms with E-state index in [0.29, 0.717) is 4.31 Å². The molecule has 14 heavy (non-hydrogen) atoms. The van der Waals surface area contributed by atoms with Gasteiger partial charge in [-0.1, -0.05) is 0 Å². The van der Waals surface area contributed by atoms with Crippen LogP contribution in [-0.2, 0) is 10.0 Å². The molecule has 0 N–H and O–H groups in total. The lowest BCUT2D eigenvalue weighted by atomic mass is 10.4. The molecule has 0 saturated heterocycles. The highest BCUT2D eigenvalue weighted by molar-refractivity contribution is 7.89. The van der Waals surface area contributed by atoms with Crippen LogP contribution in [0.4, 0.5) is 13.2 Å². The second kappa shape index (κ2) is 5.18. The van der Waals surface area contributed by atoms with Gasteiger partial charge in [-0.3, -0.25) is 0 Å². The zero-order valence-electron chi connectivity index (χ0n) is 7.51. The predicted molar refractivity (Wildman–Crippen MR) is 47.8 cm³/mol. The summed E-state index contributed by atoms with van der Waals surface area (Å²) >= 11 is 5.19. The Hall–Kier alpha value is -0.0100. The average molecular weight is 254 g/mol. The van der Waals surface area contributed by atoms with Crippen LogP contribution in [0.2, 0.25) is 0 Å². The molecule has 0 fully saturated rings. The van der Waals surface area contributed by atoms with Crippen molar-refractivity contribution in [3.05, 3.63) is 0 Å². The lowest BCUT2D eigenvalue weighted by molar-refractivity contribution is -0.135. The van der Waals surface area contributed by atoms with Crippen molar-refractivity contribution >= 4 is 21.6 Å². The molecule has 0 aromatic rings. The minimum atomic E-state index is -4.34. The Morgan fingerprint density at radius 3 is 2.21 bits per heavy atom. The highest BCUT2D eigenvalue weighted by atomic mass is 35.5. The summed E-state index contributed by atoms with van der Waals surface area (Å²) in [6, 6.07) is 0. The summed E-state index contributed by atoms with van der Waals surface area (Å²) in [5, 5.41) is 0. The van der Waals surface area contributed by atoms with E-state index in [0.717, 1.165) is 7.05 Å². The molecule has 8 heteroatoms. The van der Waals surface area contributed by atoms with Crippen LogP contribution in [0.1, 0.15) is 6.42 Å². The van der Waals surface area contributed by atoms with Gasteiger partial charge in [0.15, 0.2) is 0 Å². The molecule has 0 unspecified atom stereocenters. The van der Waals surface area contributed by atoms with E-state index in [-0.39, 0.29) is 11.6 Å². The molecule has 0 aliphatic heterocycles. The van der Waals surface area contributed by atoms with Crippen molar-refractivity contribution in [2.45, 2.75) is 12.6 Å². The molecule has 0 bridgehead atoms. The topological polar surface area (TPSA) is 37.4 Å². The number of hydrogen-bond acceptors (Lipinski definition) is 2. The standard InChI is InChI=1S/C6H11ClF3NO2S/c1-11(4-2-6(8,9)10)14(12,13)5-3-7/h2-5H2,1H3. The molecule has 0 rings (SSSR count).